The summed E-state index contributed by atoms with van der Waals surface area (Å²) in [7, 11) is 0. The molecule has 1 aromatic heterocycles. The lowest BCUT2D eigenvalue weighted by Gasteiger charge is -2.19. The van der Waals surface area contributed by atoms with E-state index >= 15 is 0 Å². The zero-order valence-electron chi connectivity index (χ0n) is 13.8. The predicted molar refractivity (Wildman–Crippen MR) is 89.1 cm³/mol. The van der Waals surface area contributed by atoms with Crippen molar-refractivity contribution in [3.8, 4) is 0 Å². The highest BCUT2D eigenvalue weighted by molar-refractivity contribution is 5.14. The van der Waals surface area contributed by atoms with E-state index in [1.54, 1.807) is 0 Å². The van der Waals surface area contributed by atoms with Crippen LogP contribution in [0, 0.1) is 5.92 Å². The Morgan fingerprint density at radius 2 is 2.14 bits per heavy atom. The largest absolute Gasteiger partial charge is 0.313 e. The van der Waals surface area contributed by atoms with Crippen LogP contribution in [0.5, 0.6) is 0 Å². The minimum atomic E-state index is 0.923. The van der Waals surface area contributed by atoms with Crippen LogP contribution in [-0.4, -0.2) is 29.5 Å². The quantitative estimate of drug-likeness (QED) is 0.831. The molecule has 0 saturated carbocycles. The lowest BCUT2D eigenvalue weighted by molar-refractivity contribution is 0.268. The van der Waals surface area contributed by atoms with Crippen molar-refractivity contribution in [2.24, 2.45) is 5.92 Å². The van der Waals surface area contributed by atoms with Gasteiger partial charge in [0.05, 0.1) is 5.69 Å². The fourth-order valence-corrected chi connectivity index (χ4v) is 3.23. The van der Waals surface area contributed by atoms with Crippen LogP contribution in [0.25, 0.3) is 0 Å². The molecule has 0 aliphatic carbocycles. The highest BCUT2D eigenvalue weighted by Gasteiger charge is 2.16. The SMILES string of the molecule is CCCC1CCCN(Cc2ccc(CNCC)cn2)CC1. The van der Waals surface area contributed by atoms with Gasteiger partial charge in [-0.2, -0.15) is 0 Å². The van der Waals surface area contributed by atoms with Crippen LogP contribution in [0.4, 0.5) is 0 Å². The van der Waals surface area contributed by atoms with E-state index in [1.807, 2.05) is 6.20 Å². The Hall–Kier alpha value is -0.930. The molecule has 1 saturated heterocycles. The van der Waals surface area contributed by atoms with Crippen LogP contribution < -0.4 is 5.32 Å². The van der Waals surface area contributed by atoms with Gasteiger partial charge in [-0.15, -0.1) is 0 Å². The van der Waals surface area contributed by atoms with Crippen molar-refractivity contribution in [1.82, 2.24) is 15.2 Å². The first-order valence-electron chi connectivity index (χ1n) is 8.68. The number of likely N-dealkylation sites (tertiary alicyclic amines) is 1. The third-order valence-electron chi connectivity index (χ3n) is 4.49. The molecule has 3 nitrogen and oxygen atoms in total. The van der Waals surface area contributed by atoms with Gasteiger partial charge in [0, 0.05) is 19.3 Å². The van der Waals surface area contributed by atoms with E-state index in [0.29, 0.717) is 0 Å². The summed E-state index contributed by atoms with van der Waals surface area (Å²) in [4.78, 5) is 7.22. The molecule has 0 amide bonds. The number of pyridine rings is 1. The van der Waals surface area contributed by atoms with E-state index in [2.05, 4.69) is 41.2 Å². The molecule has 1 aliphatic rings. The molecule has 3 heteroatoms. The van der Waals surface area contributed by atoms with Crippen molar-refractivity contribution >= 4 is 0 Å². The van der Waals surface area contributed by atoms with Crippen LogP contribution in [0.2, 0.25) is 0 Å². The summed E-state index contributed by atoms with van der Waals surface area (Å²) in [6.45, 7) is 9.86. The van der Waals surface area contributed by atoms with Crippen LogP contribution in [0.15, 0.2) is 18.3 Å². The van der Waals surface area contributed by atoms with Crippen molar-refractivity contribution in [3.63, 3.8) is 0 Å². The predicted octanol–water partition coefficient (Wildman–Crippen LogP) is 3.59. The molecule has 1 aromatic rings. The third-order valence-corrected chi connectivity index (χ3v) is 4.49. The van der Waals surface area contributed by atoms with Crippen molar-refractivity contribution in [2.75, 3.05) is 19.6 Å². The summed E-state index contributed by atoms with van der Waals surface area (Å²) in [5.74, 6) is 0.954. The minimum absolute atomic E-state index is 0.923. The van der Waals surface area contributed by atoms with E-state index in [-0.39, 0.29) is 0 Å². The van der Waals surface area contributed by atoms with Gasteiger partial charge in [0.1, 0.15) is 0 Å². The Kier molecular flexibility index (Phi) is 7.17. The van der Waals surface area contributed by atoms with Gasteiger partial charge in [-0.1, -0.05) is 32.8 Å². The van der Waals surface area contributed by atoms with E-state index < -0.39 is 0 Å². The maximum absolute atomic E-state index is 4.63. The van der Waals surface area contributed by atoms with Gasteiger partial charge in [0.2, 0.25) is 0 Å². The summed E-state index contributed by atoms with van der Waals surface area (Å²) in [5, 5.41) is 3.34. The second kappa shape index (κ2) is 9.16. The maximum Gasteiger partial charge on any atom is 0.0544 e. The second-order valence-electron chi connectivity index (χ2n) is 6.30. The fourth-order valence-electron chi connectivity index (χ4n) is 3.23. The Morgan fingerprint density at radius 1 is 1.24 bits per heavy atom. The third kappa shape index (κ3) is 5.76. The van der Waals surface area contributed by atoms with Gasteiger partial charge in [0.25, 0.3) is 0 Å². The van der Waals surface area contributed by atoms with Gasteiger partial charge in [-0.25, -0.2) is 0 Å². The Labute approximate surface area is 130 Å². The molecule has 0 bridgehead atoms. The molecule has 1 aliphatic heterocycles. The molecule has 1 N–H and O–H groups in total. The monoisotopic (exact) mass is 289 g/mol. The fraction of sp³-hybridized carbons (Fsp3) is 0.722. The first kappa shape index (κ1) is 16.4. The standard InChI is InChI=1S/C18H31N3/c1-3-6-16-7-5-11-21(12-10-16)15-18-9-8-17(14-20-18)13-19-4-2/h8-9,14,16,19H,3-7,10-13,15H2,1-2H3. The number of hydrogen-bond acceptors (Lipinski definition) is 3. The number of hydrogen-bond donors (Lipinski definition) is 1. The summed E-state index contributed by atoms with van der Waals surface area (Å²) in [6, 6.07) is 4.41. The highest BCUT2D eigenvalue weighted by Crippen LogP contribution is 2.22. The second-order valence-corrected chi connectivity index (χ2v) is 6.30. The normalized spacial score (nSPS) is 20.4. The highest BCUT2D eigenvalue weighted by atomic mass is 15.1. The zero-order valence-corrected chi connectivity index (χ0v) is 13.8. The van der Waals surface area contributed by atoms with Crippen molar-refractivity contribution in [3.05, 3.63) is 29.6 Å². The van der Waals surface area contributed by atoms with Crippen LogP contribution in [-0.2, 0) is 13.1 Å². The zero-order chi connectivity index (χ0) is 14.9. The summed E-state index contributed by atoms with van der Waals surface area (Å²) in [6.07, 6.45) is 8.90. The summed E-state index contributed by atoms with van der Waals surface area (Å²) >= 11 is 0. The molecule has 0 aromatic carbocycles. The molecule has 118 valence electrons. The van der Waals surface area contributed by atoms with Crippen LogP contribution >= 0.6 is 0 Å². The summed E-state index contributed by atoms with van der Waals surface area (Å²) in [5.41, 5.74) is 2.49. The maximum atomic E-state index is 4.63. The molecule has 0 spiro atoms. The van der Waals surface area contributed by atoms with Gasteiger partial charge in [-0.3, -0.25) is 9.88 Å². The number of nitrogens with one attached hydrogen (secondary N) is 1. The smallest absolute Gasteiger partial charge is 0.0544 e. The van der Waals surface area contributed by atoms with E-state index in [9.17, 15) is 0 Å². The van der Waals surface area contributed by atoms with Gasteiger partial charge >= 0.3 is 0 Å². The molecule has 1 atom stereocenters. The Balaban J connectivity index is 1.81. The molecular weight excluding hydrogens is 258 g/mol. The van der Waals surface area contributed by atoms with Gasteiger partial charge in [0.15, 0.2) is 0 Å². The lowest BCUT2D eigenvalue weighted by atomic mass is 9.96. The number of aromatic nitrogens is 1. The number of rotatable bonds is 7. The van der Waals surface area contributed by atoms with E-state index in [1.165, 1.54) is 56.5 Å². The molecule has 1 unspecified atom stereocenters. The average molecular weight is 289 g/mol. The molecular formula is C18H31N3. The molecule has 21 heavy (non-hydrogen) atoms. The van der Waals surface area contributed by atoms with Crippen LogP contribution in [0.1, 0.15) is 57.2 Å². The van der Waals surface area contributed by atoms with Crippen molar-refractivity contribution in [2.45, 2.75) is 59.0 Å². The van der Waals surface area contributed by atoms with Crippen molar-refractivity contribution in [1.29, 1.82) is 0 Å². The van der Waals surface area contributed by atoms with Crippen LogP contribution in [0.3, 0.4) is 0 Å². The first-order chi connectivity index (χ1) is 10.3. The topological polar surface area (TPSA) is 28.2 Å². The minimum Gasteiger partial charge on any atom is -0.313 e. The Bertz CT molecular complexity index is 388. The first-order valence-corrected chi connectivity index (χ1v) is 8.68. The average Bonchev–Trinajstić information content (AvgIpc) is 2.73. The molecule has 1 fully saturated rings. The Morgan fingerprint density at radius 3 is 2.86 bits per heavy atom. The van der Waals surface area contributed by atoms with Gasteiger partial charge < -0.3 is 5.32 Å². The van der Waals surface area contributed by atoms with E-state index in [4.69, 9.17) is 0 Å². The summed E-state index contributed by atoms with van der Waals surface area (Å²) < 4.78 is 0. The number of nitrogens with zero attached hydrogens (tertiary/aromatic N) is 2. The lowest BCUT2D eigenvalue weighted by Crippen LogP contribution is -2.24. The van der Waals surface area contributed by atoms with Crippen molar-refractivity contribution < 1.29 is 0 Å². The molecule has 2 heterocycles. The van der Waals surface area contributed by atoms with Gasteiger partial charge in [-0.05, 0) is 56.4 Å². The van der Waals surface area contributed by atoms with E-state index in [0.717, 1.165) is 25.6 Å². The molecule has 2 rings (SSSR count). The molecule has 0 radical (unpaired) electrons.